The van der Waals surface area contributed by atoms with Crippen molar-refractivity contribution in [1.29, 1.82) is 0 Å². The van der Waals surface area contributed by atoms with Crippen molar-refractivity contribution in [3.63, 3.8) is 0 Å². The molecule has 0 bridgehead atoms. The molecular formula is C18H24N2O2S. The summed E-state index contributed by atoms with van der Waals surface area (Å²) in [6, 6.07) is 10.3. The van der Waals surface area contributed by atoms with Crippen LogP contribution in [0.1, 0.15) is 37.0 Å². The van der Waals surface area contributed by atoms with Crippen LogP contribution in [0, 0.1) is 0 Å². The summed E-state index contributed by atoms with van der Waals surface area (Å²) in [5.41, 5.74) is 2.03. The number of nitrogens with zero attached hydrogens (tertiary/aromatic N) is 2. The number of hydrogen-bond donors (Lipinski definition) is 1. The van der Waals surface area contributed by atoms with E-state index in [1.54, 1.807) is 23.2 Å². The molecular weight excluding hydrogens is 308 g/mol. The second-order valence-corrected chi connectivity index (χ2v) is 7.00. The van der Waals surface area contributed by atoms with Gasteiger partial charge < -0.3 is 10.0 Å². The van der Waals surface area contributed by atoms with E-state index in [1.807, 2.05) is 37.4 Å². The van der Waals surface area contributed by atoms with Crippen LogP contribution < -0.4 is 0 Å². The fourth-order valence-corrected chi connectivity index (χ4v) is 3.25. The molecule has 0 saturated heterocycles. The number of thiazole rings is 1. The first-order chi connectivity index (χ1) is 11.0. The number of carbonyl (C=O) groups is 1. The maximum absolute atomic E-state index is 12.4. The normalized spacial score (nSPS) is 12.4. The van der Waals surface area contributed by atoms with Gasteiger partial charge in [0, 0.05) is 24.4 Å². The van der Waals surface area contributed by atoms with E-state index in [0.717, 1.165) is 17.1 Å². The largest absolute Gasteiger partial charge is 0.392 e. The first-order valence-electron chi connectivity index (χ1n) is 7.90. The summed E-state index contributed by atoms with van der Waals surface area (Å²) in [6.45, 7) is 5.98. The van der Waals surface area contributed by atoms with E-state index in [-0.39, 0.29) is 18.4 Å². The molecule has 0 fully saturated rings. The van der Waals surface area contributed by atoms with Gasteiger partial charge in [-0.2, -0.15) is 0 Å². The Morgan fingerprint density at radius 3 is 2.57 bits per heavy atom. The van der Waals surface area contributed by atoms with Gasteiger partial charge in [-0.3, -0.25) is 4.79 Å². The molecule has 1 amide bonds. The maximum Gasteiger partial charge on any atom is 0.228 e. The fourth-order valence-electron chi connectivity index (χ4n) is 2.42. The summed E-state index contributed by atoms with van der Waals surface area (Å²) in [5.74, 6) is 0.0115. The maximum atomic E-state index is 12.4. The average Bonchev–Trinajstić information content (AvgIpc) is 2.92. The highest BCUT2D eigenvalue weighted by Crippen LogP contribution is 2.16. The van der Waals surface area contributed by atoms with E-state index in [0.29, 0.717) is 6.54 Å². The molecule has 1 N–H and O–H groups in total. The highest BCUT2D eigenvalue weighted by Gasteiger charge is 2.20. The molecule has 2 aromatic rings. The molecule has 1 aromatic heterocycles. The van der Waals surface area contributed by atoms with E-state index < -0.39 is 6.10 Å². The van der Waals surface area contributed by atoms with E-state index in [1.165, 1.54) is 5.56 Å². The number of amides is 1. The Morgan fingerprint density at radius 2 is 1.96 bits per heavy atom. The third-order valence-corrected chi connectivity index (χ3v) is 4.43. The minimum absolute atomic E-state index is 0.0115. The second kappa shape index (κ2) is 8.22. The summed E-state index contributed by atoms with van der Waals surface area (Å²) in [5, 5.41) is 12.5. The van der Waals surface area contributed by atoms with Gasteiger partial charge in [0.15, 0.2) is 0 Å². The number of hydrogen-bond acceptors (Lipinski definition) is 4. The van der Waals surface area contributed by atoms with Gasteiger partial charge in [-0.15, -0.1) is 11.3 Å². The van der Waals surface area contributed by atoms with Gasteiger partial charge in [0.05, 0.1) is 23.2 Å². The van der Waals surface area contributed by atoms with Crippen LogP contribution in [0.15, 0.2) is 35.7 Å². The number of aromatic nitrogens is 1. The highest BCUT2D eigenvalue weighted by molar-refractivity contribution is 7.09. The van der Waals surface area contributed by atoms with Crippen molar-refractivity contribution >= 4 is 17.2 Å². The highest BCUT2D eigenvalue weighted by atomic mass is 32.1. The van der Waals surface area contributed by atoms with Crippen molar-refractivity contribution in [2.75, 3.05) is 6.54 Å². The Balaban J connectivity index is 1.99. The minimum atomic E-state index is -0.523. The van der Waals surface area contributed by atoms with Gasteiger partial charge in [-0.1, -0.05) is 30.3 Å². The standard InChI is InChI=1S/C18H24N2O2S/c1-13(2)20(11-14(3)21)18(22)10-16-12-23-17(19-16)9-15-7-5-4-6-8-15/h4-8,12-14,21H,9-11H2,1-3H3. The molecule has 1 atom stereocenters. The topological polar surface area (TPSA) is 53.4 Å². The van der Waals surface area contributed by atoms with E-state index in [4.69, 9.17) is 0 Å². The lowest BCUT2D eigenvalue weighted by molar-refractivity contribution is -0.133. The molecule has 124 valence electrons. The lowest BCUT2D eigenvalue weighted by atomic mass is 10.2. The van der Waals surface area contributed by atoms with Crippen molar-refractivity contribution in [3.8, 4) is 0 Å². The van der Waals surface area contributed by atoms with Crippen LogP contribution in [-0.4, -0.2) is 39.6 Å². The Morgan fingerprint density at radius 1 is 1.26 bits per heavy atom. The Bertz CT molecular complexity index is 623. The molecule has 5 heteroatoms. The van der Waals surface area contributed by atoms with Crippen LogP contribution in [-0.2, 0) is 17.6 Å². The van der Waals surface area contributed by atoms with E-state index >= 15 is 0 Å². The summed E-state index contributed by atoms with van der Waals surface area (Å²) >= 11 is 1.59. The fraction of sp³-hybridized carbons (Fsp3) is 0.444. The second-order valence-electron chi connectivity index (χ2n) is 6.06. The number of benzene rings is 1. The minimum Gasteiger partial charge on any atom is -0.392 e. The summed E-state index contributed by atoms with van der Waals surface area (Å²) in [6.07, 6.45) is 0.558. The summed E-state index contributed by atoms with van der Waals surface area (Å²) in [4.78, 5) is 18.7. The van der Waals surface area contributed by atoms with Gasteiger partial charge >= 0.3 is 0 Å². The molecule has 0 spiro atoms. The quantitative estimate of drug-likeness (QED) is 0.848. The van der Waals surface area contributed by atoms with Gasteiger partial charge in [-0.05, 0) is 26.3 Å². The third-order valence-electron chi connectivity index (χ3n) is 3.53. The van der Waals surface area contributed by atoms with Crippen molar-refractivity contribution in [1.82, 2.24) is 9.88 Å². The zero-order valence-electron chi connectivity index (χ0n) is 13.9. The first kappa shape index (κ1) is 17.6. The number of rotatable bonds is 7. The predicted octanol–water partition coefficient (Wildman–Crippen LogP) is 2.89. The Hall–Kier alpha value is -1.72. The zero-order valence-corrected chi connectivity index (χ0v) is 14.7. The molecule has 1 aromatic carbocycles. The zero-order chi connectivity index (χ0) is 16.8. The number of carbonyl (C=O) groups excluding carboxylic acids is 1. The molecule has 4 nitrogen and oxygen atoms in total. The molecule has 0 radical (unpaired) electrons. The average molecular weight is 332 g/mol. The summed E-state index contributed by atoms with van der Waals surface area (Å²) < 4.78 is 0. The van der Waals surface area contributed by atoms with Gasteiger partial charge in [-0.25, -0.2) is 4.98 Å². The molecule has 0 aliphatic carbocycles. The Labute approximate surface area is 141 Å². The molecule has 0 aliphatic heterocycles. The lowest BCUT2D eigenvalue weighted by Gasteiger charge is -2.27. The molecule has 1 unspecified atom stereocenters. The molecule has 1 heterocycles. The van der Waals surface area contributed by atoms with Crippen molar-refractivity contribution < 1.29 is 9.90 Å². The summed E-state index contributed by atoms with van der Waals surface area (Å²) in [7, 11) is 0. The van der Waals surface area contributed by atoms with E-state index in [2.05, 4.69) is 17.1 Å². The Kier molecular flexibility index (Phi) is 6.30. The van der Waals surface area contributed by atoms with Crippen LogP contribution >= 0.6 is 11.3 Å². The van der Waals surface area contributed by atoms with Gasteiger partial charge in [0.25, 0.3) is 0 Å². The van der Waals surface area contributed by atoms with Gasteiger partial charge in [0.2, 0.25) is 5.91 Å². The van der Waals surface area contributed by atoms with Crippen LogP contribution in [0.2, 0.25) is 0 Å². The number of aliphatic hydroxyl groups excluding tert-OH is 1. The SMILES string of the molecule is CC(O)CN(C(=O)Cc1csc(Cc2ccccc2)n1)C(C)C. The molecule has 0 aliphatic rings. The van der Waals surface area contributed by atoms with Gasteiger partial charge in [0.1, 0.15) is 0 Å². The van der Waals surface area contributed by atoms with Crippen LogP contribution in [0.3, 0.4) is 0 Å². The van der Waals surface area contributed by atoms with Crippen LogP contribution in [0.25, 0.3) is 0 Å². The van der Waals surface area contributed by atoms with Crippen molar-refractivity contribution in [2.24, 2.45) is 0 Å². The first-order valence-corrected chi connectivity index (χ1v) is 8.78. The van der Waals surface area contributed by atoms with E-state index in [9.17, 15) is 9.90 Å². The molecule has 0 saturated carbocycles. The smallest absolute Gasteiger partial charge is 0.228 e. The monoisotopic (exact) mass is 332 g/mol. The van der Waals surface area contributed by atoms with Crippen LogP contribution in [0.5, 0.6) is 0 Å². The van der Waals surface area contributed by atoms with Crippen LogP contribution in [0.4, 0.5) is 0 Å². The van der Waals surface area contributed by atoms with Crippen molar-refractivity contribution in [2.45, 2.75) is 45.8 Å². The lowest BCUT2D eigenvalue weighted by Crippen LogP contribution is -2.42. The number of aliphatic hydroxyl groups is 1. The molecule has 2 rings (SSSR count). The molecule has 23 heavy (non-hydrogen) atoms. The van der Waals surface area contributed by atoms with Crippen molar-refractivity contribution in [3.05, 3.63) is 52.0 Å². The predicted molar refractivity (Wildman–Crippen MR) is 93.6 cm³/mol. The third kappa shape index (κ3) is 5.44.